The lowest BCUT2D eigenvalue weighted by molar-refractivity contribution is 0.474. The van der Waals surface area contributed by atoms with E-state index < -0.39 is 0 Å². The molecule has 0 saturated heterocycles. The van der Waals surface area contributed by atoms with E-state index in [2.05, 4.69) is 50.4 Å². The van der Waals surface area contributed by atoms with E-state index in [4.69, 9.17) is 0 Å². The molecule has 0 saturated carbocycles. The van der Waals surface area contributed by atoms with Gasteiger partial charge < -0.3 is 5.32 Å². The summed E-state index contributed by atoms with van der Waals surface area (Å²) in [5.41, 5.74) is 2.82. The molecule has 1 aromatic rings. The van der Waals surface area contributed by atoms with Crippen molar-refractivity contribution in [2.75, 3.05) is 6.54 Å². The first-order valence-electron chi connectivity index (χ1n) is 7.07. The molecule has 0 aliphatic rings. The molecular formula is C16H27N. The Morgan fingerprint density at radius 1 is 1.12 bits per heavy atom. The monoisotopic (exact) mass is 233 g/mol. The Hall–Kier alpha value is -0.820. The number of benzene rings is 1. The van der Waals surface area contributed by atoms with Crippen LogP contribution in [0.4, 0.5) is 0 Å². The van der Waals surface area contributed by atoms with Crippen LogP contribution in [-0.4, -0.2) is 6.54 Å². The molecule has 1 unspecified atom stereocenters. The van der Waals surface area contributed by atoms with Crippen molar-refractivity contribution in [2.45, 2.75) is 58.9 Å². The third-order valence-corrected chi connectivity index (χ3v) is 3.18. The van der Waals surface area contributed by atoms with Gasteiger partial charge in [-0.2, -0.15) is 0 Å². The maximum absolute atomic E-state index is 3.67. The number of hydrogen-bond donors (Lipinski definition) is 1. The lowest BCUT2D eigenvalue weighted by Gasteiger charge is -2.19. The fraction of sp³-hybridized carbons (Fsp3) is 0.625. The van der Waals surface area contributed by atoms with E-state index in [0.29, 0.717) is 6.04 Å². The van der Waals surface area contributed by atoms with E-state index in [1.807, 2.05) is 0 Å². The molecule has 0 aromatic heterocycles. The predicted molar refractivity (Wildman–Crippen MR) is 76.4 cm³/mol. The minimum absolute atomic E-state index is 0.543. The van der Waals surface area contributed by atoms with E-state index in [1.54, 1.807) is 0 Å². The average molecular weight is 233 g/mol. The third kappa shape index (κ3) is 5.36. The van der Waals surface area contributed by atoms with Gasteiger partial charge in [-0.1, -0.05) is 62.9 Å². The zero-order chi connectivity index (χ0) is 12.5. The summed E-state index contributed by atoms with van der Waals surface area (Å²) in [6.45, 7) is 7.78. The first-order chi connectivity index (χ1) is 8.27. The quantitative estimate of drug-likeness (QED) is 0.646. The van der Waals surface area contributed by atoms with Crippen LogP contribution in [0.5, 0.6) is 0 Å². The zero-order valence-corrected chi connectivity index (χ0v) is 11.6. The third-order valence-electron chi connectivity index (χ3n) is 3.18. The lowest BCUT2D eigenvalue weighted by Crippen LogP contribution is -2.22. The number of hydrogen-bond acceptors (Lipinski definition) is 1. The molecular weight excluding hydrogens is 206 g/mol. The highest BCUT2D eigenvalue weighted by Crippen LogP contribution is 2.20. The minimum atomic E-state index is 0.543. The Morgan fingerprint density at radius 2 is 1.94 bits per heavy atom. The molecule has 1 nitrogen and oxygen atoms in total. The molecule has 0 fully saturated rings. The van der Waals surface area contributed by atoms with Gasteiger partial charge in [-0.05, 0) is 31.9 Å². The topological polar surface area (TPSA) is 12.0 Å². The lowest BCUT2D eigenvalue weighted by atomic mass is 9.99. The zero-order valence-electron chi connectivity index (χ0n) is 11.6. The Morgan fingerprint density at radius 3 is 2.59 bits per heavy atom. The standard InChI is InChI=1S/C16H27N/c1-4-6-7-11-16(17-12-5-2)15-10-8-9-14(3)13-15/h8-10,13,16-17H,4-7,11-12H2,1-3H3. The van der Waals surface area contributed by atoms with Crippen molar-refractivity contribution in [3.8, 4) is 0 Å². The molecule has 0 heterocycles. The molecule has 96 valence electrons. The van der Waals surface area contributed by atoms with Gasteiger partial charge in [-0.3, -0.25) is 0 Å². The van der Waals surface area contributed by atoms with Crippen LogP contribution in [0.2, 0.25) is 0 Å². The number of rotatable bonds is 8. The Bertz CT molecular complexity index is 306. The Balaban J connectivity index is 2.60. The van der Waals surface area contributed by atoms with Gasteiger partial charge in [-0.15, -0.1) is 0 Å². The molecule has 0 radical (unpaired) electrons. The van der Waals surface area contributed by atoms with Crippen molar-refractivity contribution in [3.63, 3.8) is 0 Å². The van der Waals surface area contributed by atoms with Crippen molar-refractivity contribution in [3.05, 3.63) is 35.4 Å². The molecule has 1 N–H and O–H groups in total. The molecule has 1 aromatic carbocycles. The average Bonchev–Trinajstić information content (AvgIpc) is 2.33. The van der Waals surface area contributed by atoms with Crippen LogP contribution in [0, 0.1) is 6.92 Å². The van der Waals surface area contributed by atoms with Gasteiger partial charge in [0.1, 0.15) is 0 Å². The van der Waals surface area contributed by atoms with E-state index in [-0.39, 0.29) is 0 Å². The van der Waals surface area contributed by atoms with Crippen LogP contribution in [0.3, 0.4) is 0 Å². The van der Waals surface area contributed by atoms with Gasteiger partial charge >= 0.3 is 0 Å². The Kier molecular flexibility index (Phi) is 6.95. The largest absolute Gasteiger partial charge is 0.310 e. The summed E-state index contributed by atoms with van der Waals surface area (Å²) >= 11 is 0. The SMILES string of the molecule is CCCCCC(NCCC)c1cccc(C)c1. The van der Waals surface area contributed by atoms with Crippen LogP contribution in [-0.2, 0) is 0 Å². The molecule has 17 heavy (non-hydrogen) atoms. The Labute approximate surface area is 107 Å². The summed E-state index contributed by atoms with van der Waals surface area (Å²) in [6, 6.07) is 9.46. The van der Waals surface area contributed by atoms with Gasteiger partial charge in [0.25, 0.3) is 0 Å². The second-order valence-electron chi connectivity index (χ2n) is 4.92. The van der Waals surface area contributed by atoms with E-state index in [0.717, 1.165) is 6.54 Å². The molecule has 0 amide bonds. The maximum Gasteiger partial charge on any atom is 0.0320 e. The van der Waals surface area contributed by atoms with E-state index in [1.165, 1.54) is 43.2 Å². The highest BCUT2D eigenvalue weighted by Gasteiger charge is 2.09. The van der Waals surface area contributed by atoms with Crippen molar-refractivity contribution >= 4 is 0 Å². The minimum Gasteiger partial charge on any atom is -0.310 e. The van der Waals surface area contributed by atoms with Crippen LogP contribution in [0.15, 0.2) is 24.3 Å². The van der Waals surface area contributed by atoms with Crippen molar-refractivity contribution < 1.29 is 0 Å². The van der Waals surface area contributed by atoms with Crippen LogP contribution in [0.1, 0.15) is 63.1 Å². The fourth-order valence-corrected chi connectivity index (χ4v) is 2.19. The molecule has 0 aliphatic carbocycles. The molecule has 1 rings (SSSR count). The fourth-order valence-electron chi connectivity index (χ4n) is 2.19. The summed E-state index contributed by atoms with van der Waals surface area (Å²) in [5.74, 6) is 0. The first kappa shape index (κ1) is 14.2. The van der Waals surface area contributed by atoms with Crippen LogP contribution in [0.25, 0.3) is 0 Å². The smallest absolute Gasteiger partial charge is 0.0320 e. The van der Waals surface area contributed by atoms with Gasteiger partial charge in [0.15, 0.2) is 0 Å². The molecule has 0 aliphatic heterocycles. The number of aryl methyl sites for hydroxylation is 1. The second-order valence-corrected chi connectivity index (χ2v) is 4.92. The van der Waals surface area contributed by atoms with Gasteiger partial charge in [-0.25, -0.2) is 0 Å². The molecule has 1 heteroatoms. The normalized spacial score (nSPS) is 12.6. The van der Waals surface area contributed by atoms with Crippen molar-refractivity contribution in [1.82, 2.24) is 5.32 Å². The summed E-state index contributed by atoms with van der Waals surface area (Å²) < 4.78 is 0. The number of nitrogens with one attached hydrogen (secondary N) is 1. The molecule has 0 bridgehead atoms. The summed E-state index contributed by atoms with van der Waals surface area (Å²) in [5, 5.41) is 3.67. The second kappa shape index (κ2) is 8.30. The van der Waals surface area contributed by atoms with E-state index in [9.17, 15) is 0 Å². The highest BCUT2D eigenvalue weighted by molar-refractivity contribution is 5.25. The van der Waals surface area contributed by atoms with Crippen LogP contribution >= 0.6 is 0 Å². The van der Waals surface area contributed by atoms with Crippen molar-refractivity contribution in [1.29, 1.82) is 0 Å². The maximum atomic E-state index is 3.67. The number of unbranched alkanes of at least 4 members (excludes halogenated alkanes) is 2. The van der Waals surface area contributed by atoms with E-state index >= 15 is 0 Å². The highest BCUT2D eigenvalue weighted by atomic mass is 14.9. The summed E-state index contributed by atoms with van der Waals surface area (Å²) in [7, 11) is 0. The molecule has 1 atom stereocenters. The summed E-state index contributed by atoms with van der Waals surface area (Å²) in [6.07, 6.45) is 6.43. The first-order valence-corrected chi connectivity index (χ1v) is 7.07. The molecule has 0 spiro atoms. The van der Waals surface area contributed by atoms with Crippen LogP contribution < -0.4 is 5.32 Å². The van der Waals surface area contributed by atoms with Gasteiger partial charge in [0.2, 0.25) is 0 Å². The summed E-state index contributed by atoms with van der Waals surface area (Å²) in [4.78, 5) is 0. The predicted octanol–water partition coefficient (Wildman–Crippen LogP) is 4.62. The van der Waals surface area contributed by atoms with Gasteiger partial charge in [0, 0.05) is 6.04 Å². The van der Waals surface area contributed by atoms with Gasteiger partial charge in [0.05, 0.1) is 0 Å². The van der Waals surface area contributed by atoms with Crippen molar-refractivity contribution in [2.24, 2.45) is 0 Å².